The molecular weight excluding hydrogens is 144 g/mol. The van der Waals surface area contributed by atoms with Gasteiger partial charge < -0.3 is 16.2 Å². The number of methoxy groups -OCH3 is 1. The predicted octanol–water partition coefficient (Wildman–Crippen LogP) is -1.35. The zero-order chi connectivity index (χ0) is 8.48. The number of rotatable bonds is 2. The molecule has 1 rings (SSSR count). The Morgan fingerprint density at radius 3 is 2.82 bits per heavy atom. The molecule has 0 radical (unpaired) electrons. The standard InChI is InChI=1S/C7H14N2O2/c1-11-5-3-2-4-7(5,9)6(8)10/h5H,2-4,9H2,1H3,(H2,8,10)/p+1/t5-,7+/m0/s1. The van der Waals surface area contributed by atoms with E-state index in [1.807, 2.05) is 0 Å². The van der Waals surface area contributed by atoms with Crippen LogP contribution in [0.4, 0.5) is 0 Å². The first-order chi connectivity index (χ1) is 5.11. The van der Waals surface area contributed by atoms with E-state index >= 15 is 0 Å². The molecule has 0 saturated heterocycles. The summed E-state index contributed by atoms with van der Waals surface area (Å²) in [7, 11) is 1.60. The first kappa shape index (κ1) is 8.49. The molecule has 1 aliphatic carbocycles. The van der Waals surface area contributed by atoms with Crippen LogP contribution in [0.15, 0.2) is 0 Å². The van der Waals surface area contributed by atoms with Gasteiger partial charge in [0.1, 0.15) is 6.10 Å². The Hall–Kier alpha value is -0.610. The molecule has 1 amide bonds. The van der Waals surface area contributed by atoms with Gasteiger partial charge in [-0.2, -0.15) is 0 Å². The van der Waals surface area contributed by atoms with Gasteiger partial charge in [-0.25, -0.2) is 0 Å². The van der Waals surface area contributed by atoms with E-state index in [1.54, 1.807) is 7.11 Å². The van der Waals surface area contributed by atoms with Crippen LogP contribution < -0.4 is 11.5 Å². The molecular formula is C7H15N2O2+. The Morgan fingerprint density at radius 1 is 1.82 bits per heavy atom. The molecule has 1 aliphatic rings. The van der Waals surface area contributed by atoms with Gasteiger partial charge in [-0.15, -0.1) is 0 Å². The highest BCUT2D eigenvalue weighted by atomic mass is 16.5. The normalized spacial score (nSPS) is 37.5. The largest absolute Gasteiger partial charge is 0.374 e. The molecule has 4 nitrogen and oxygen atoms in total. The molecule has 0 aromatic rings. The molecule has 0 aromatic carbocycles. The number of quaternary nitrogens is 1. The summed E-state index contributed by atoms with van der Waals surface area (Å²) in [5, 5.41) is 0. The van der Waals surface area contributed by atoms with Gasteiger partial charge in [0, 0.05) is 13.5 Å². The van der Waals surface area contributed by atoms with Crippen molar-refractivity contribution in [2.45, 2.75) is 30.9 Å². The summed E-state index contributed by atoms with van der Waals surface area (Å²) in [5.74, 6) is -0.346. The van der Waals surface area contributed by atoms with Crippen LogP contribution in [0.1, 0.15) is 19.3 Å². The van der Waals surface area contributed by atoms with Crippen molar-refractivity contribution in [2.24, 2.45) is 5.73 Å². The van der Waals surface area contributed by atoms with Crippen LogP contribution in [-0.2, 0) is 9.53 Å². The summed E-state index contributed by atoms with van der Waals surface area (Å²) in [4.78, 5) is 11.0. The van der Waals surface area contributed by atoms with Crippen molar-refractivity contribution in [1.29, 1.82) is 0 Å². The zero-order valence-electron chi connectivity index (χ0n) is 6.80. The minimum Gasteiger partial charge on any atom is -0.374 e. The number of ether oxygens (including phenoxy) is 1. The highest BCUT2D eigenvalue weighted by Gasteiger charge is 2.48. The Bertz CT molecular complexity index is 172. The molecule has 64 valence electrons. The second kappa shape index (κ2) is 2.79. The maximum absolute atomic E-state index is 11.0. The van der Waals surface area contributed by atoms with E-state index in [1.165, 1.54) is 0 Å². The van der Waals surface area contributed by atoms with Gasteiger partial charge in [-0.05, 0) is 12.8 Å². The quantitative estimate of drug-likeness (QED) is 0.522. The molecule has 11 heavy (non-hydrogen) atoms. The van der Waals surface area contributed by atoms with Crippen molar-refractivity contribution in [3.63, 3.8) is 0 Å². The van der Waals surface area contributed by atoms with E-state index in [4.69, 9.17) is 10.5 Å². The summed E-state index contributed by atoms with van der Waals surface area (Å²) < 4.78 is 5.12. The van der Waals surface area contributed by atoms with Gasteiger partial charge in [0.2, 0.25) is 0 Å². The Kier molecular flexibility index (Phi) is 2.15. The molecule has 2 atom stereocenters. The molecule has 1 fully saturated rings. The fourth-order valence-corrected chi connectivity index (χ4v) is 1.67. The first-order valence-electron chi connectivity index (χ1n) is 3.79. The zero-order valence-corrected chi connectivity index (χ0v) is 6.80. The van der Waals surface area contributed by atoms with E-state index in [9.17, 15) is 4.79 Å². The van der Waals surface area contributed by atoms with E-state index in [0.717, 1.165) is 19.3 Å². The molecule has 4 heteroatoms. The second-order valence-corrected chi connectivity index (χ2v) is 3.14. The third-order valence-corrected chi connectivity index (χ3v) is 2.48. The molecule has 0 aliphatic heterocycles. The fourth-order valence-electron chi connectivity index (χ4n) is 1.67. The Balaban J connectivity index is 2.75. The van der Waals surface area contributed by atoms with Crippen molar-refractivity contribution in [3.8, 4) is 0 Å². The predicted molar refractivity (Wildman–Crippen MR) is 39.5 cm³/mol. The number of amides is 1. The Morgan fingerprint density at radius 2 is 2.45 bits per heavy atom. The van der Waals surface area contributed by atoms with Crippen molar-refractivity contribution < 1.29 is 15.3 Å². The van der Waals surface area contributed by atoms with Gasteiger partial charge in [-0.1, -0.05) is 0 Å². The minimum atomic E-state index is -0.672. The number of hydrogen-bond donors (Lipinski definition) is 2. The Labute approximate surface area is 65.9 Å². The molecule has 5 N–H and O–H groups in total. The van der Waals surface area contributed by atoms with Crippen LogP contribution in [0.2, 0.25) is 0 Å². The number of nitrogens with two attached hydrogens (primary N) is 1. The molecule has 0 spiro atoms. The van der Waals surface area contributed by atoms with Crippen molar-refractivity contribution in [3.05, 3.63) is 0 Å². The van der Waals surface area contributed by atoms with Gasteiger partial charge in [0.15, 0.2) is 5.54 Å². The molecule has 0 unspecified atom stereocenters. The monoisotopic (exact) mass is 159 g/mol. The molecule has 0 heterocycles. The van der Waals surface area contributed by atoms with Gasteiger partial charge in [-0.3, -0.25) is 4.79 Å². The van der Waals surface area contributed by atoms with Crippen LogP contribution in [0.25, 0.3) is 0 Å². The lowest BCUT2D eigenvalue weighted by molar-refractivity contribution is -0.471. The maximum atomic E-state index is 11.0. The number of primary amides is 1. The van der Waals surface area contributed by atoms with Crippen LogP contribution >= 0.6 is 0 Å². The number of hydrogen-bond acceptors (Lipinski definition) is 2. The molecule has 1 saturated carbocycles. The van der Waals surface area contributed by atoms with Crippen LogP contribution in [0.3, 0.4) is 0 Å². The smallest absolute Gasteiger partial charge is 0.281 e. The second-order valence-electron chi connectivity index (χ2n) is 3.14. The van der Waals surface area contributed by atoms with Crippen molar-refractivity contribution in [1.82, 2.24) is 0 Å². The average Bonchev–Trinajstić information content (AvgIpc) is 2.32. The summed E-state index contributed by atoms with van der Waals surface area (Å²) in [6, 6.07) is 0. The SMILES string of the molecule is CO[C@H]1CCC[C@]1([NH3+])C(N)=O. The van der Waals surface area contributed by atoms with Crippen molar-refractivity contribution >= 4 is 5.91 Å². The van der Waals surface area contributed by atoms with Crippen LogP contribution in [0.5, 0.6) is 0 Å². The number of carbonyl (C=O) groups is 1. The lowest BCUT2D eigenvalue weighted by Gasteiger charge is -2.22. The van der Waals surface area contributed by atoms with Crippen LogP contribution in [-0.4, -0.2) is 24.7 Å². The van der Waals surface area contributed by atoms with E-state index in [2.05, 4.69) is 5.73 Å². The fraction of sp³-hybridized carbons (Fsp3) is 0.857. The minimum absolute atomic E-state index is 0.0833. The summed E-state index contributed by atoms with van der Waals surface area (Å²) in [5.41, 5.74) is 8.37. The first-order valence-corrected chi connectivity index (χ1v) is 3.79. The number of carbonyl (C=O) groups excluding carboxylic acids is 1. The van der Waals surface area contributed by atoms with Gasteiger partial charge in [0.25, 0.3) is 5.91 Å². The topological polar surface area (TPSA) is 80.0 Å². The maximum Gasteiger partial charge on any atom is 0.281 e. The van der Waals surface area contributed by atoms with E-state index in [0.29, 0.717) is 0 Å². The van der Waals surface area contributed by atoms with E-state index in [-0.39, 0.29) is 12.0 Å². The van der Waals surface area contributed by atoms with E-state index < -0.39 is 5.54 Å². The third-order valence-electron chi connectivity index (χ3n) is 2.48. The third kappa shape index (κ3) is 1.23. The van der Waals surface area contributed by atoms with Crippen molar-refractivity contribution in [2.75, 3.05) is 7.11 Å². The molecule has 0 aromatic heterocycles. The summed E-state index contributed by atoms with van der Waals surface area (Å²) in [6.45, 7) is 0. The lowest BCUT2D eigenvalue weighted by Crippen LogP contribution is -2.81. The lowest BCUT2D eigenvalue weighted by atomic mass is 9.96. The average molecular weight is 159 g/mol. The summed E-state index contributed by atoms with van der Waals surface area (Å²) >= 11 is 0. The highest BCUT2D eigenvalue weighted by molar-refractivity contribution is 5.83. The van der Waals surface area contributed by atoms with Gasteiger partial charge >= 0.3 is 0 Å². The van der Waals surface area contributed by atoms with Crippen LogP contribution in [0, 0.1) is 0 Å². The van der Waals surface area contributed by atoms with Gasteiger partial charge in [0.05, 0.1) is 0 Å². The molecule has 0 bridgehead atoms. The highest BCUT2D eigenvalue weighted by Crippen LogP contribution is 2.27. The summed E-state index contributed by atoms with van der Waals surface area (Å²) in [6.07, 6.45) is 2.54.